The number of ether oxygens (including phenoxy) is 2. The van der Waals surface area contributed by atoms with Crippen molar-refractivity contribution >= 4 is 35.5 Å². The van der Waals surface area contributed by atoms with Crippen LogP contribution in [0.3, 0.4) is 0 Å². The highest BCUT2D eigenvalue weighted by Gasteiger charge is 2.56. The molecular weight excluding hydrogens is 564 g/mol. The van der Waals surface area contributed by atoms with Gasteiger partial charge < -0.3 is 24.8 Å². The van der Waals surface area contributed by atoms with E-state index in [1.54, 1.807) is 30.3 Å². The first-order chi connectivity index (χ1) is 20.4. The van der Waals surface area contributed by atoms with Crippen LogP contribution in [-0.4, -0.2) is 101 Å². The lowest BCUT2D eigenvalue weighted by Crippen LogP contribution is -2.68. The van der Waals surface area contributed by atoms with Crippen molar-refractivity contribution in [3.05, 3.63) is 66.2 Å². The lowest BCUT2D eigenvalue weighted by molar-refractivity contribution is -1.09. The minimum Gasteiger partial charge on any atom is -0.481 e. The Morgan fingerprint density at radius 2 is 1.49 bits per heavy atom. The summed E-state index contributed by atoms with van der Waals surface area (Å²) in [7, 11) is 2.58. The second kappa shape index (κ2) is 14.2. The molecule has 1 aliphatic rings. The molecule has 3 rings (SSSR count). The van der Waals surface area contributed by atoms with E-state index in [2.05, 4.69) is 0 Å². The van der Waals surface area contributed by atoms with Gasteiger partial charge in [0.15, 0.2) is 11.1 Å². The fourth-order valence-electron chi connectivity index (χ4n) is 5.41. The molecule has 0 saturated carbocycles. The van der Waals surface area contributed by atoms with E-state index in [9.17, 15) is 34.2 Å². The molecule has 0 bridgehead atoms. The van der Waals surface area contributed by atoms with E-state index in [0.29, 0.717) is 12.1 Å². The van der Waals surface area contributed by atoms with Crippen LogP contribution in [0.2, 0.25) is 0 Å². The summed E-state index contributed by atoms with van der Waals surface area (Å²) in [5, 5.41) is 29.0. The van der Waals surface area contributed by atoms with Crippen molar-refractivity contribution in [2.75, 3.05) is 45.4 Å². The predicted molar refractivity (Wildman–Crippen MR) is 150 cm³/mol. The normalized spacial score (nSPS) is 21.2. The topological polar surface area (TPSA) is 177 Å². The number of amides is 1. The van der Waals surface area contributed by atoms with E-state index in [-0.39, 0.29) is 43.7 Å². The Hall–Kier alpha value is -4.33. The molecule has 1 saturated heterocycles. The maximum absolute atomic E-state index is 13.5. The minimum atomic E-state index is -2.88. The quantitative estimate of drug-likeness (QED) is 0.212. The molecule has 0 spiro atoms. The van der Waals surface area contributed by atoms with Crippen LogP contribution in [0.1, 0.15) is 31.2 Å². The van der Waals surface area contributed by atoms with Crippen LogP contribution in [-0.2, 0) is 44.7 Å². The third kappa shape index (κ3) is 7.95. The highest BCUT2D eigenvalue weighted by molar-refractivity contribution is 6.02. The third-order valence-electron chi connectivity index (χ3n) is 7.62. The number of carboxylic acids is 2. The number of carboxylic acid groups (broad SMARTS) is 2. The molecule has 3 N–H and O–H groups in total. The number of aliphatic hydroxyl groups is 1. The number of hydroxylamine groups is 3. The van der Waals surface area contributed by atoms with Crippen molar-refractivity contribution in [1.29, 1.82) is 0 Å². The number of hydrogen-bond donors (Lipinski definition) is 3. The van der Waals surface area contributed by atoms with E-state index in [4.69, 9.17) is 19.4 Å². The average molecular weight is 602 g/mol. The molecule has 0 aromatic heterocycles. The number of methoxy groups -OCH3 is 2. The first-order valence-corrected chi connectivity index (χ1v) is 13.7. The largest absolute Gasteiger partial charge is 0.481 e. The zero-order chi connectivity index (χ0) is 31.7. The number of nitrogens with zero attached hydrogens (tertiary/aromatic N) is 2. The first-order valence-electron chi connectivity index (χ1n) is 13.7. The summed E-state index contributed by atoms with van der Waals surface area (Å²) in [6.07, 6.45) is -1.90. The summed E-state index contributed by atoms with van der Waals surface area (Å²) in [5.74, 6) is -5.76. The van der Waals surface area contributed by atoms with Crippen molar-refractivity contribution < 1.29 is 58.2 Å². The number of esters is 1. The number of carbonyl (C=O) groups excluding carboxylic acids is 3. The highest BCUT2D eigenvalue weighted by Crippen LogP contribution is 2.38. The minimum absolute atomic E-state index is 0.00951. The summed E-state index contributed by atoms with van der Waals surface area (Å²) in [4.78, 5) is 70.0. The second-order valence-electron chi connectivity index (χ2n) is 10.5. The second-order valence-corrected chi connectivity index (χ2v) is 10.5. The molecule has 1 heterocycles. The zero-order valence-electron chi connectivity index (χ0n) is 24.1. The molecule has 13 nitrogen and oxygen atoms in total. The lowest BCUT2D eigenvalue weighted by atomic mass is 9.84. The molecule has 232 valence electrons. The van der Waals surface area contributed by atoms with Gasteiger partial charge in [0.2, 0.25) is 0 Å². The summed E-state index contributed by atoms with van der Waals surface area (Å²) >= 11 is 0. The third-order valence-corrected chi connectivity index (χ3v) is 7.62. The Morgan fingerprint density at radius 3 is 2.00 bits per heavy atom. The van der Waals surface area contributed by atoms with E-state index in [0.717, 1.165) is 5.56 Å². The molecule has 13 heteroatoms. The van der Waals surface area contributed by atoms with Crippen LogP contribution in [0.25, 0.3) is 0 Å². The van der Waals surface area contributed by atoms with Gasteiger partial charge in [0.25, 0.3) is 5.91 Å². The average Bonchev–Trinajstić information content (AvgIpc) is 2.97. The molecular formula is C30H37N2O11+. The number of piperidine rings is 1. The Kier molecular flexibility index (Phi) is 11.0. The number of carbonyl (C=O) groups is 5. The number of anilines is 1. The predicted octanol–water partition coefficient (Wildman–Crippen LogP) is 1.57. The Bertz CT molecular complexity index is 1290. The van der Waals surface area contributed by atoms with Gasteiger partial charge in [-0.1, -0.05) is 48.5 Å². The van der Waals surface area contributed by atoms with Crippen LogP contribution in [0.4, 0.5) is 5.69 Å². The fourth-order valence-corrected chi connectivity index (χ4v) is 5.41. The van der Waals surface area contributed by atoms with Crippen LogP contribution in [0.5, 0.6) is 0 Å². The SMILES string of the molecule is COCC(=O)N(c1ccccc1)C1(C(=O)OC)CC[N+](CCc2ccccc2)(OC(=O)CC(O)(CC(=O)O)C(=O)O)CC1. The maximum Gasteiger partial charge on any atom is 0.370 e. The maximum atomic E-state index is 13.5. The number of likely N-dealkylation sites (tertiary alicyclic amines) is 1. The highest BCUT2D eigenvalue weighted by atomic mass is 16.7. The number of aliphatic carboxylic acids is 2. The number of quaternary nitrogens is 1. The van der Waals surface area contributed by atoms with Gasteiger partial charge in [-0.15, -0.1) is 4.65 Å². The zero-order valence-corrected chi connectivity index (χ0v) is 24.1. The summed E-state index contributed by atoms with van der Waals surface area (Å²) in [6.45, 7) is -0.0633. The lowest BCUT2D eigenvalue weighted by Gasteiger charge is -2.48. The van der Waals surface area contributed by atoms with Crippen molar-refractivity contribution in [3.8, 4) is 0 Å². The molecule has 0 radical (unpaired) electrons. The Labute approximate surface area is 248 Å². The van der Waals surface area contributed by atoms with E-state index in [1.807, 2.05) is 30.3 Å². The standard InChI is InChI=1S/C30H36N2O11/c1-41-21-24(33)31(23-11-7-4-8-12-23)29(28(39)42-2)14-17-32(18-15-29,16-13-22-9-5-3-6-10-22)43-26(36)20-30(40,27(37)38)19-25(34)35/h3-12,40H,13-21H2,1-2H3,(H-,34,35,37,38)/p+1. The van der Waals surface area contributed by atoms with Gasteiger partial charge in [-0.25, -0.2) is 14.4 Å². The fraction of sp³-hybridized carbons (Fsp3) is 0.433. The van der Waals surface area contributed by atoms with Crippen LogP contribution in [0.15, 0.2) is 60.7 Å². The Balaban J connectivity index is 1.98. The molecule has 1 unspecified atom stereocenters. The van der Waals surface area contributed by atoms with Crippen molar-refractivity contribution in [2.45, 2.75) is 43.2 Å². The van der Waals surface area contributed by atoms with Crippen LogP contribution < -0.4 is 4.90 Å². The van der Waals surface area contributed by atoms with Gasteiger partial charge in [-0.2, -0.15) is 0 Å². The van der Waals surface area contributed by atoms with Crippen molar-refractivity contribution in [1.82, 2.24) is 0 Å². The molecule has 43 heavy (non-hydrogen) atoms. The smallest absolute Gasteiger partial charge is 0.370 e. The van der Waals surface area contributed by atoms with Gasteiger partial charge in [0.05, 0.1) is 20.0 Å². The molecule has 2 aromatic carbocycles. The Morgan fingerprint density at radius 1 is 0.907 bits per heavy atom. The van der Waals surface area contributed by atoms with Gasteiger partial charge in [0.1, 0.15) is 26.2 Å². The summed E-state index contributed by atoms with van der Waals surface area (Å²) in [6, 6.07) is 17.9. The molecule has 0 aliphatic carbocycles. The monoisotopic (exact) mass is 601 g/mol. The molecule has 2 aromatic rings. The molecule has 1 amide bonds. The van der Waals surface area contributed by atoms with Crippen LogP contribution >= 0.6 is 0 Å². The van der Waals surface area contributed by atoms with Crippen molar-refractivity contribution in [3.63, 3.8) is 0 Å². The van der Waals surface area contributed by atoms with E-state index < -0.39 is 53.8 Å². The molecule has 1 aliphatic heterocycles. The molecule has 1 fully saturated rings. The number of benzene rings is 2. The van der Waals surface area contributed by atoms with Gasteiger partial charge in [-0.05, 0) is 17.7 Å². The van der Waals surface area contributed by atoms with E-state index in [1.165, 1.54) is 19.1 Å². The van der Waals surface area contributed by atoms with Crippen molar-refractivity contribution in [2.24, 2.45) is 0 Å². The summed E-state index contributed by atoms with van der Waals surface area (Å²) in [5.41, 5.74) is -3.00. The number of para-hydroxylation sites is 1. The first kappa shape index (κ1) is 33.2. The van der Waals surface area contributed by atoms with Gasteiger partial charge in [0, 0.05) is 32.1 Å². The number of hydrogen-bond acceptors (Lipinski definition) is 9. The van der Waals surface area contributed by atoms with Gasteiger partial charge in [-0.3, -0.25) is 19.3 Å². The number of rotatable bonds is 14. The molecule has 1 atom stereocenters. The van der Waals surface area contributed by atoms with E-state index >= 15 is 0 Å². The summed E-state index contributed by atoms with van der Waals surface area (Å²) < 4.78 is 9.92. The van der Waals surface area contributed by atoms with Gasteiger partial charge >= 0.3 is 23.9 Å². The van der Waals surface area contributed by atoms with Crippen LogP contribution in [0, 0.1) is 0 Å².